The molecule has 0 saturated heterocycles. The Morgan fingerprint density at radius 2 is 0.906 bits per heavy atom. The molecule has 0 aliphatic heterocycles. The van der Waals surface area contributed by atoms with Crippen LogP contribution in [0, 0.1) is 5.41 Å². The Morgan fingerprint density at radius 3 is 1.32 bits per heavy atom. The number of rotatable bonds is 20. The highest BCUT2D eigenvalue weighted by atomic mass is 16.6. The van der Waals surface area contributed by atoms with Crippen molar-refractivity contribution in [2.45, 2.75) is 91.5 Å². The van der Waals surface area contributed by atoms with Crippen LogP contribution < -0.4 is 0 Å². The van der Waals surface area contributed by atoms with Gasteiger partial charge in [0.2, 0.25) is 0 Å². The van der Waals surface area contributed by atoms with Crippen LogP contribution in [0.2, 0.25) is 0 Å². The molecule has 0 fully saturated rings. The van der Waals surface area contributed by atoms with Crippen LogP contribution in [0.4, 0.5) is 0 Å². The number of carbonyl (C=O) groups excluding carboxylic acids is 4. The Kier molecular flexibility index (Phi) is 15.2. The fourth-order valence-electron chi connectivity index (χ4n) is 5.73. The van der Waals surface area contributed by atoms with Crippen molar-refractivity contribution in [1.29, 1.82) is 0 Å². The lowest BCUT2D eigenvalue weighted by molar-refractivity contribution is -0.117. The molecule has 2 atom stereocenters. The Hall–Kier alpha value is -4.56. The molecule has 0 heterocycles. The summed E-state index contributed by atoms with van der Waals surface area (Å²) in [5, 5.41) is 0. The quantitative estimate of drug-likeness (QED) is 0.0663. The van der Waals surface area contributed by atoms with Gasteiger partial charge in [0, 0.05) is 52.8 Å². The third-order valence-electron chi connectivity index (χ3n) is 8.74. The zero-order chi connectivity index (χ0) is 38.4. The second-order valence-corrected chi connectivity index (χ2v) is 15.7. The predicted molar refractivity (Wildman–Crippen MR) is 209 cm³/mol. The van der Waals surface area contributed by atoms with Crippen molar-refractivity contribution in [3.8, 4) is 0 Å². The summed E-state index contributed by atoms with van der Waals surface area (Å²) in [6.45, 7) is 13.5. The molecule has 7 heteroatoms. The van der Waals surface area contributed by atoms with Gasteiger partial charge in [-0.3, -0.25) is 19.2 Å². The Bertz CT molecular complexity index is 1760. The molecule has 7 nitrogen and oxygen atoms in total. The monoisotopic (exact) mass is 718 g/mol. The van der Waals surface area contributed by atoms with E-state index >= 15 is 0 Å². The molecule has 0 saturated carbocycles. The first kappa shape index (κ1) is 41.2. The van der Waals surface area contributed by atoms with Crippen molar-refractivity contribution in [1.82, 2.24) is 0 Å². The van der Waals surface area contributed by atoms with Crippen LogP contribution in [0.1, 0.15) is 126 Å². The van der Waals surface area contributed by atoms with Crippen molar-refractivity contribution in [3.05, 3.63) is 143 Å². The van der Waals surface area contributed by atoms with Gasteiger partial charge in [-0.25, -0.2) is 0 Å². The van der Waals surface area contributed by atoms with Gasteiger partial charge in [0.05, 0.1) is 31.0 Å². The van der Waals surface area contributed by atoms with E-state index in [4.69, 9.17) is 14.2 Å². The van der Waals surface area contributed by atoms with Gasteiger partial charge in [-0.2, -0.15) is 0 Å². The fourth-order valence-corrected chi connectivity index (χ4v) is 5.73. The number of Topliss-reactive ketones (excluding diaryl/α,β-unsaturated/α-hetero) is 2. The third-order valence-corrected chi connectivity index (χ3v) is 8.74. The van der Waals surface area contributed by atoms with Crippen LogP contribution >= 0.6 is 0 Å². The predicted octanol–water partition coefficient (Wildman–Crippen LogP) is 9.80. The zero-order valence-corrected chi connectivity index (χ0v) is 32.1. The van der Waals surface area contributed by atoms with Crippen molar-refractivity contribution < 1.29 is 33.4 Å². The number of hydrogen-bond donors (Lipinski definition) is 0. The van der Waals surface area contributed by atoms with E-state index in [-0.39, 0.29) is 60.2 Å². The Balaban J connectivity index is 1.36. The summed E-state index contributed by atoms with van der Waals surface area (Å²) in [4.78, 5) is 52.1. The first-order valence-electron chi connectivity index (χ1n) is 18.5. The molecular weight excluding hydrogens is 664 g/mol. The molecule has 280 valence electrons. The number of ether oxygens (including phenoxy) is 3. The number of benzene rings is 4. The van der Waals surface area contributed by atoms with E-state index in [0.29, 0.717) is 59.4 Å². The minimum absolute atomic E-state index is 0.0448. The van der Waals surface area contributed by atoms with Gasteiger partial charge in [-0.15, -0.1) is 0 Å². The maximum absolute atomic E-state index is 13.3. The zero-order valence-electron chi connectivity index (χ0n) is 32.1. The standard InChI is InChI=1S/C46H54O7/c1-45(2,3)29-30-51-31-39(25-27-41(47)33-17-21-37(22-18-33)43(49)35-13-9-7-10-14-35)52-32-40(53-46(4,5)6)26-28-42(48)34-19-23-38(24-20-34)44(50)36-15-11-8-12-16-36/h7-24,39-40H,25-32H2,1-6H3. The molecule has 0 aromatic heterocycles. The second kappa shape index (κ2) is 19.5. The van der Waals surface area contributed by atoms with Crippen molar-refractivity contribution in [3.63, 3.8) is 0 Å². The van der Waals surface area contributed by atoms with E-state index < -0.39 is 5.60 Å². The van der Waals surface area contributed by atoms with Crippen LogP contribution in [0.25, 0.3) is 0 Å². The largest absolute Gasteiger partial charge is 0.379 e. The van der Waals surface area contributed by atoms with Gasteiger partial charge in [0.25, 0.3) is 0 Å². The van der Waals surface area contributed by atoms with E-state index in [1.807, 2.05) is 57.2 Å². The summed E-state index contributed by atoms with van der Waals surface area (Å²) in [6, 6.07) is 31.7. The lowest BCUT2D eigenvalue weighted by atomic mass is 9.93. The lowest BCUT2D eigenvalue weighted by Gasteiger charge is -2.29. The van der Waals surface area contributed by atoms with Gasteiger partial charge in [0.15, 0.2) is 23.1 Å². The van der Waals surface area contributed by atoms with Crippen molar-refractivity contribution >= 4 is 23.1 Å². The first-order valence-corrected chi connectivity index (χ1v) is 18.5. The van der Waals surface area contributed by atoms with Gasteiger partial charge >= 0.3 is 0 Å². The smallest absolute Gasteiger partial charge is 0.193 e. The van der Waals surface area contributed by atoms with Gasteiger partial charge in [-0.05, 0) is 45.4 Å². The maximum Gasteiger partial charge on any atom is 0.193 e. The minimum Gasteiger partial charge on any atom is -0.379 e. The highest BCUT2D eigenvalue weighted by molar-refractivity contribution is 6.10. The molecule has 4 rings (SSSR count). The average molecular weight is 719 g/mol. The SMILES string of the molecule is CC(C)(C)CCOCC(CCC(=O)c1ccc(C(=O)c2ccccc2)cc1)OCC(CCC(=O)c1ccc(C(=O)c2ccccc2)cc1)OC(C)(C)C. The highest BCUT2D eigenvalue weighted by Crippen LogP contribution is 2.21. The lowest BCUT2D eigenvalue weighted by Crippen LogP contribution is -2.34. The number of hydrogen-bond acceptors (Lipinski definition) is 7. The average Bonchev–Trinajstić information content (AvgIpc) is 3.15. The number of ketones is 4. The molecule has 0 spiro atoms. The molecule has 53 heavy (non-hydrogen) atoms. The minimum atomic E-state index is -0.473. The van der Waals surface area contributed by atoms with E-state index in [9.17, 15) is 19.2 Å². The first-order chi connectivity index (χ1) is 25.2. The highest BCUT2D eigenvalue weighted by Gasteiger charge is 2.24. The molecular formula is C46H54O7. The topological polar surface area (TPSA) is 96.0 Å². The van der Waals surface area contributed by atoms with Crippen molar-refractivity contribution in [2.75, 3.05) is 19.8 Å². The summed E-state index contributed by atoms with van der Waals surface area (Å²) in [5.41, 5.74) is 2.97. The van der Waals surface area contributed by atoms with Crippen molar-refractivity contribution in [2.24, 2.45) is 5.41 Å². The van der Waals surface area contributed by atoms with E-state index in [1.54, 1.807) is 72.8 Å². The molecule has 4 aromatic rings. The van der Waals surface area contributed by atoms with Crippen LogP contribution in [-0.2, 0) is 14.2 Å². The molecule has 2 unspecified atom stereocenters. The van der Waals surface area contributed by atoms with Gasteiger partial charge in [-0.1, -0.05) is 130 Å². The molecule has 0 aliphatic carbocycles. The summed E-state index contributed by atoms with van der Waals surface area (Å²) in [7, 11) is 0. The summed E-state index contributed by atoms with van der Waals surface area (Å²) < 4.78 is 18.8. The maximum atomic E-state index is 13.3. The Labute approximate surface area is 315 Å². The van der Waals surface area contributed by atoms with Gasteiger partial charge < -0.3 is 14.2 Å². The molecule has 0 aliphatic rings. The molecule has 4 aromatic carbocycles. The summed E-state index contributed by atoms with van der Waals surface area (Å²) in [5.74, 6) is -0.272. The molecule has 0 N–H and O–H groups in total. The summed E-state index contributed by atoms with van der Waals surface area (Å²) >= 11 is 0. The van der Waals surface area contributed by atoms with Crippen LogP contribution in [0.5, 0.6) is 0 Å². The molecule has 0 bridgehead atoms. The molecule has 0 radical (unpaired) electrons. The molecule has 0 amide bonds. The Morgan fingerprint density at radius 1 is 0.509 bits per heavy atom. The van der Waals surface area contributed by atoms with E-state index in [0.717, 1.165) is 6.42 Å². The number of carbonyl (C=O) groups is 4. The second-order valence-electron chi connectivity index (χ2n) is 15.7. The van der Waals surface area contributed by atoms with Crippen LogP contribution in [0.3, 0.4) is 0 Å². The summed E-state index contributed by atoms with van der Waals surface area (Å²) in [6.07, 6.45) is 1.50. The van der Waals surface area contributed by atoms with Crippen LogP contribution in [-0.4, -0.2) is 60.8 Å². The normalized spacial score (nSPS) is 12.9. The third kappa shape index (κ3) is 14.1. The van der Waals surface area contributed by atoms with Crippen LogP contribution in [0.15, 0.2) is 109 Å². The van der Waals surface area contributed by atoms with Gasteiger partial charge in [0.1, 0.15) is 0 Å². The van der Waals surface area contributed by atoms with E-state index in [1.165, 1.54) is 0 Å². The fraction of sp³-hybridized carbons (Fsp3) is 0.391. The van der Waals surface area contributed by atoms with E-state index in [2.05, 4.69) is 20.8 Å².